The number of unbranched alkanes of at least 4 members (excludes halogenated alkanes) is 2. The summed E-state index contributed by atoms with van der Waals surface area (Å²) in [6.45, 7) is 4.67. The van der Waals surface area contributed by atoms with Crippen LogP contribution < -0.4 is 0 Å². The van der Waals surface area contributed by atoms with Gasteiger partial charge in [-0.25, -0.2) is 0 Å². The van der Waals surface area contributed by atoms with Crippen LogP contribution in [-0.4, -0.2) is 0 Å². The Bertz CT molecular complexity index is 214. The van der Waals surface area contributed by atoms with E-state index in [0.29, 0.717) is 0 Å². The molecule has 2 aliphatic rings. The maximum absolute atomic E-state index is 2.49. The first-order chi connectivity index (χ1) is 7.25. The Balaban J connectivity index is 1.54. The van der Waals surface area contributed by atoms with Crippen LogP contribution in [0, 0.1) is 23.7 Å². The third-order valence-electron chi connectivity index (χ3n) is 4.27. The molecule has 0 aliphatic heterocycles. The fourth-order valence-electron chi connectivity index (χ4n) is 3.36. The van der Waals surface area contributed by atoms with Crippen molar-refractivity contribution in [3.8, 4) is 0 Å². The largest absolute Gasteiger partial charge is 0.0851 e. The van der Waals surface area contributed by atoms with Crippen LogP contribution in [0.3, 0.4) is 0 Å². The Hall–Kier alpha value is -0.260. The standard InChI is InChI=1S/C15H26/c1-12(2)6-4-3-5-7-14-10-13-8-9-15(14)11-13/h8-9,12-15H,3-7,10-11H2,1-2H3. The maximum atomic E-state index is 2.49. The Morgan fingerprint density at radius 3 is 2.53 bits per heavy atom. The molecule has 0 spiro atoms. The molecule has 1 fully saturated rings. The van der Waals surface area contributed by atoms with Gasteiger partial charge < -0.3 is 0 Å². The quantitative estimate of drug-likeness (QED) is 0.432. The van der Waals surface area contributed by atoms with Gasteiger partial charge in [0.15, 0.2) is 0 Å². The van der Waals surface area contributed by atoms with Gasteiger partial charge in [0.05, 0.1) is 0 Å². The lowest BCUT2D eigenvalue weighted by molar-refractivity contribution is 0.390. The van der Waals surface area contributed by atoms with Crippen molar-refractivity contribution >= 4 is 0 Å². The van der Waals surface area contributed by atoms with Crippen LogP contribution in [0.5, 0.6) is 0 Å². The van der Waals surface area contributed by atoms with Gasteiger partial charge in [0.2, 0.25) is 0 Å². The predicted molar refractivity (Wildman–Crippen MR) is 66.8 cm³/mol. The predicted octanol–water partition coefficient (Wildman–Crippen LogP) is 4.81. The highest BCUT2D eigenvalue weighted by atomic mass is 14.4. The number of fused-ring (bicyclic) bond motifs is 2. The lowest BCUT2D eigenvalue weighted by atomic mass is 9.88. The van der Waals surface area contributed by atoms with Crippen molar-refractivity contribution < 1.29 is 0 Å². The number of hydrogen-bond acceptors (Lipinski definition) is 0. The second kappa shape index (κ2) is 5.18. The molecule has 0 aromatic rings. The number of hydrogen-bond donors (Lipinski definition) is 0. The van der Waals surface area contributed by atoms with Gasteiger partial charge in [-0.1, -0.05) is 51.7 Å². The third-order valence-corrected chi connectivity index (χ3v) is 4.27. The maximum Gasteiger partial charge on any atom is -0.0199 e. The first-order valence-electron chi connectivity index (χ1n) is 6.94. The Labute approximate surface area is 95.1 Å². The van der Waals surface area contributed by atoms with Crippen LogP contribution in [0.4, 0.5) is 0 Å². The van der Waals surface area contributed by atoms with E-state index in [-0.39, 0.29) is 0 Å². The lowest BCUT2D eigenvalue weighted by Gasteiger charge is -2.17. The van der Waals surface area contributed by atoms with E-state index in [2.05, 4.69) is 26.0 Å². The van der Waals surface area contributed by atoms with Crippen molar-refractivity contribution in [2.24, 2.45) is 23.7 Å². The molecule has 0 amide bonds. The molecular formula is C15H26. The third kappa shape index (κ3) is 3.09. The van der Waals surface area contributed by atoms with E-state index >= 15 is 0 Å². The Morgan fingerprint density at radius 1 is 1.07 bits per heavy atom. The molecule has 0 N–H and O–H groups in total. The minimum atomic E-state index is 0.899. The molecule has 0 nitrogen and oxygen atoms in total. The van der Waals surface area contributed by atoms with Crippen molar-refractivity contribution in [1.82, 2.24) is 0 Å². The Morgan fingerprint density at radius 2 is 1.93 bits per heavy atom. The zero-order valence-corrected chi connectivity index (χ0v) is 10.4. The lowest BCUT2D eigenvalue weighted by Crippen LogP contribution is -2.06. The molecule has 3 unspecified atom stereocenters. The smallest absolute Gasteiger partial charge is 0.0199 e. The van der Waals surface area contributed by atoms with Crippen LogP contribution >= 0.6 is 0 Å². The molecule has 0 radical (unpaired) electrons. The van der Waals surface area contributed by atoms with Gasteiger partial charge in [-0.3, -0.25) is 0 Å². The topological polar surface area (TPSA) is 0 Å². The highest BCUT2D eigenvalue weighted by Crippen LogP contribution is 2.45. The molecule has 15 heavy (non-hydrogen) atoms. The molecule has 2 rings (SSSR count). The van der Waals surface area contributed by atoms with Gasteiger partial charge in [-0.05, 0) is 42.9 Å². The van der Waals surface area contributed by atoms with Crippen LogP contribution in [0.2, 0.25) is 0 Å². The zero-order chi connectivity index (χ0) is 10.7. The van der Waals surface area contributed by atoms with Crippen LogP contribution in [0.1, 0.15) is 58.8 Å². The van der Waals surface area contributed by atoms with Crippen molar-refractivity contribution in [2.45, 2.75) is 58.8 Å². The monoisotopic (exact) mass is 206 g/mol. The van der Waals surface area contributed by atoms with Crippen molar-refractivity contribution in [3.05, 3.63) is 12.2 Å². The van der Waals surface area contributed by atoms with Gasteiger partial charge in [0.25, 0.3) is 0 Å². The average Bonchev–Trinajstić information content (AvgIpc) is 2.78. The summed E-state index contributed by atoms with van der Waals surface area (Å²) in [5, 5.41) is 0. The zero-order valence-electron chi connectivity index (χ0n) is 10.4. The minimum Gasteiger partial charge on any atom is -0.0851 e. The van der Waals surface area contributed by atoms with E-state index in [0.717, 1.165) is 23.7 Å². The van der Waals surface area contributed by atoms with Crippen LogP contribution in [0.25, 0.3) is 0 Å². The van der Waals surface area contributed by atoms with E-state index in [4.69, 9.17) is 0 Å². The second-order valence-corrected chi connectivity index (χ2v) is 6.07. The molecule has 0 aromatic carbocycles. The summed E-state index contributed by atoms with van der Waals surface area (Å²) in [6.07, 6.45) is 15.3. The molecule has 0 saturated heterocycles. The molecule has 0 heterocycles. The summed E-state index contributed by atoms with van der Waals surface area (Å²) in [7, 11) is 0. The van der Waals surface area contributed by atoms with Gasteiger partial charge >= 0.3 is 0 Å². The van der Waals surface area contributed by atoms with Gasteiger partial charge in [-0.15, -0.1) is 0 Å². The average molecular weight is 206 g/mol. The summed E-state index contributed by atoms with van der Waals surface area (Å²) >= 11 is 0. The highest BCUT2D eigenvalue weighted by molar-refractivity contribution is 5.09. The molecule has 3 atom stereocenters. The molecular weight excluding hydrogens is 180 g/mol. The summed E-state index contributed by atoms with van der Waals surface area (Å²) < 4.78 is 0. The molecule has 2 bridgehead atoms. The SMILES string of the molecule is CC(C)CCCCCC1CC2C=CC1C2. The number of rotatable bonds is 6. The second-order valence-electron chi connectivity index (χ2n) is 6.07. The van der Waals surface area contributed by atoms with Crippen molar-refractivity contribution in [2.75, 3.05) is 0 Å². The normalized spacial score (nSPS) is 33.1. The Kier molecular flexibility index (Phi) is 3.88. The molecule has 86 valence electrons. The molecule has 2 aliphatic carbocycles. The molecule has 1 saturated carbocycles. The minimum absolute atomic E-state index is 0.899. The summed E-state index contributed by atoms with van der Waals surface area (Å²) in [6, 6.07) is 0. The summed E-state index contributed by atoms with van der Waals surface area (Å²) in [5.41, 5.74) is 0. The summed E-state index contributed by atoms with van der Waals surface area (Å²) in [5.74, 6) is 3.89. The van der Waals surface area contributed by atoms with Crippen molar-refractivity contribution in [3.63, 3.8) is 0 Å². The van der Waals surface area contributed by atoms with E-state index < -0.39 is 0 Å². The first kappa shape index (κ1) is 11.2. The summed E-state index contributed by atoms with van der Waals surface area (Å²) in [4.78, 5) is 0. The van der Waals surface area contributed by atoms with E-state index in [1.54, 1.807) is 0 Å². The van der Waals surface area contributed by atoms with Crippen LogP contribution in [-0.2, 0) is 0 Å². The fourth-order valence-corrected chi connectivity index (χ4v) is 3.36. The van der Waals surface area contributed by atoms with Gasteiger partial charge in [-0.2, -0.15) is 0 Å². The van der Waals surface area contributed by atoms with E-state index in [1.807, 2.05) is 0 Å². The molecule has 0 aromatic heterocycles. The van der Waals surface area contributed by atoms with Gasteiger partial charge in [0, 0.05) is 0 Å². The first-order valence-corrected chi connectivity index (χ1v) is 6.94. The van der Waals surface area contributed by atoms with Gasteiger partial charge in [0.1, 0.15) is 0 Å². The van der Waals surface area contributed by atoms with Crippen molar-refractivity contribution in [1.29, 1.82) is 0 Å². The van der Waals surface area contributed by atoms with Crippen LogP contribution in [0.15, 0.2) is 12.2 Å². The fraction of sp³-hybridized carbons (Fsp3) is 0.867. The molecule has 0 heteroatoms. The highest BCUT2D eigenvalue weighted by Gasteiger charge is 2.34. The number of allylic oxidation sites excluding steroid dienone is 2. The van der Waals surface area contributed by atoms with E-state index in [9.17, 15) is 0 Å². The van der Waals surface area contributed by atoms with E-state index in [1.165, 1.54) is 44.9 Å².